The lowest BCUT2D eigenvalue weighted by Crippen LogP contribution is -2.08. The molecule has 0 radical (unpaired) electrons. The van der Waals surface area contributed by atoms with Crippen molar-refractivity contribution in [3.8, 4) is 0 Å². The van der Waals surface area contributed by atoms with Crippen molar-refractivity contribution in [2.75, 3.05) is 5.88 Å². The summed E-state index contributed by atoms with van der Waals surface area (Å²) in [6, 6.07) is 1.84. The van der Waals surface area contributed by atoms with Crippen LogP contribution in [0.25, 0.3) is 0 Å². The van der Waals surface area contributed by atoms with Crippen LogP contribution in [0, 0.1) is 13.8 Å². The van der Waals surface area contributed by atoms with E-state index in [0.29, 0.717) is 12.1 Å². The van der Waals surface area contributed by atoms with E-state index in [4.69, 9.17) is 11.6 Å². The maximum atomic E-state index is 11.7. The standard InChI is InChI=1S/C12H13ClN2O2S/c1-7-3-10(11(16)4-13)8(2)15(7)5-9-6-18-12(17)14-9/h3,6H,4-5H2,1-2H3,(H,14,17). The molecule has 1 N–H and O–H groups in total. The van der Waals surface area contributed by atoms with Gasteiger partial charge in [-0.25, -0.2) is 0 Å². The number of nitrogens with zero attached hydrogens (tertiary/aromatic N) is 1. The normalized spacial score (nSPS) is 10.8. The molecule has 0 aliphatic carbocycles. The monoisotopic (exact) mass is 284 g/mol. The maximum absolute atomic E-state index is 11.7. The fourth-order valence-corrected chi connectivity index (χ4v) is 2.68. The van der Waals surface area contributed by atoms with Gasteiger partial charge in [-0.1, -0.05) is 11.3 Å². The molecular weight excluding hydrogens is 272 g/mol. The van der Waals surface area contributed by atoms with Crippen LogP contribution in [0.1, 0.15) is 27.4 Å². The Hall–Kier alpha value is -1.33. The predicted molar refractivity (Wildman–Crippen MR) is 73.0 cm³/mol. The molecule has 4 nitrogen and oxygen atoms in total. The number of alkyl halides is 1. The number of ketones is 1. The van der Waals surface area contributed by atoms with E-state index in [1.165, 1.54) is 0 Å². The van der Waals surface area contributed by atoms with Crippen molar-refractivity contribution in [2.24, 2.45) is 0 Å². The first kappa shape index (κ1) is 13.1. The summed E-state index contributed by atoms with van der Waals surface area (Å²) in [5.74, 6) is -0.0885. The Morgan fingerprint density at radius 3 is 2.78 bits per heavy atom. The summed E-state index contributed by atoms with van der Waals surface area (Å²) < 4.78 is 2.00. The second kappa shape index (κ2) is 5.12. The van der Waals surface area contributed by atoms with Gasteiger partial charge in [0.15, 0.2) is 5.78 Å². The van der Waals surface area contributed by atoms with Crippen molar-refractivity contribution in [1.29, 1.82) is 0 Å². The zero-order chi connectivity index (χ0) is 13.3. The van der Waals surface area contributed by atoms with Gasteiger partial charge in [-0.15, -0.1) is 11.6 Å². The minimum absolute atomic E-state index is 0.0143. The van der Waals surface area contributed by atoms with Crippen LogP contribution >= 0.6 is 22.9 Å². The fraction of sp³-hybridized carbons (Fsp3) is 0.333. The van der Waals surface area contributed by atoms with Gasteiger partial charge in [0.1, 0.15) is 0 Å². The zero-order valence-electron chi connectivity index (χ0n) is 10.1. The van der Waals surface area contributed by atoms with Crippen molar-refractivity contribution >= 4 is 28.7 Å². The van der Waals surface area contributed by atoms with Crippen molar-refractivity contribution in [3.63, 3.8) is 0 Å². The molecule has 2 aromatic rings. The molecule has 0 aliphatic heterocycles. The van der Waals surface area contributed by atoms with E-state index in [2.05, 4.69) is 4.98 Å². The van der Waals surface area contributed by atoms with Gasteiger partial charge in [0, 0.05) is 28.0 Å². The van der Waals surface area contributed by atoms with Crippen molar-refractivity contribution in [2.45, 2.75) is 20.4 Å². The Morgan fingerprint density at radius 1 is 1.50 bits per heavy atom. The van der Waals surface area contributed by atoms with Gasteiger partial charge in [0.25, 0.3) is 0 Å². The molecule has 0 unspecified atom stereocenters. The van der Waals surface area contributed by atoms with Crippen LogP contribution in [0.15, 0.2) is 16.2 Å². The molecule has 0 atom stereocenters. The van der Waals surface area contributed by atoms with Crippen LogP contribution in [0.3, 0.4) is 0 Å². The molecule has 2 rings (SSSR count). The molecular formula is C12H13ClN2O2S. The highest BCUT2D eigenvalue weighted by Gasteiger charge is 2.15. The Bertz CT molecular complexity index is 639. The zero-order valence-corrected chi connectivity index (χ0v) is 11.7. The minimum Gasteiger partial charge on any atom is -0.343 e. The van der Waals surface area contributed by atoms with E-state index in [9.17, 15) is 9.59 Å². The van der Waals surface area contributed by atoms with Gasteiger partial charge in [0.05, 0.1) is 12.4 Å². The van der Waals surface area contributed by atoms with E-state index < -0.39 is 0 Å². The van der Waals surface area contributed by atoms with Crippen LogP contribution in [-0.4, -0.2) is 21.2 Å². The highest BCUT2D eigenvalue weighted by atomic mass is 35.5. The lowest BCUT2D eigenvalue weighted by Gasteiger charge is -2.07. The maximum Gasteiger partial charge on any atom is 0.304 e. The summed E-state index contributed by atoms with van der Waals surface area (Å²) in [5.41, 5.74) is 3.36. The minimum atomic E-state index is -0.0742. The molecule has 0 amide bonds. The van der Waals surface area contributed by atoms with Gasteiger partial charge in [-0.2, -0.15) is 0 Å². The van der Waals surface area contributed by atoms with Crippen LogP contribution in [0.2, 0.25) is 0 Å². The molecule has 0 saturated heterocycles. The van der Waals surface area contributed by atoms with E-state index in [1.54, 1.807) is 5.38 Å². The van der Waals surface area contributed by atoms with Crippen molar-refractivity contribution < 1.29 is 4.79 Å². The van der Waals surface area contributed by atoms with Crippen molar-refractivity contribution in [1.82, 2.24) is 9.55 Å². The number of aryl methyl sites for hydroxylation is 1. The number of rotatable bonds is 4. The molecule has 0 aliphatic rings. The number of aromatic nitrogens is 2. The largest absolute Gasteiger partial charge is 0.343 e. The van der Waals surface area contributed by atoms with Gasteiger partial charge >= 0.3 is 4.87 Å². The Balaban J connectivity index is 2.36. The van der Waals surface area contributed by atoms with E-state index in [1.807, 2.05) is 24.5 Å². The summed E-state index contributed by atoms with van der Waals surface area (Å²) in [6.45, 7) is 4.38. The number of carbonyl (C=O) groups excluding carboxylic acids is 1. The average Bonchev–Trinajstić information content (AvgIpc) is 2.87. The second-order valence-electron chi connectivity index (χ2n) is 4.10. The molecule has 96 valence electrons. The molecule has 0 aromatic carbocycles. The lowest BCUT2D eigenvalue weighted by molar-refractivity contribution is 0.102. The third kappa shape index (κ3) is 2.42. The lowest BCUT2D eigenvalue weighted by atomic mass is 10.2. The molecule has 0 saturated carbocycles. The SMILES string of the molecule is Cc1cc(C(=O)CCl)c(C)n1Cc1csc(=O)[nH]1. The number of H-pyrrole nitrogens is 1. The number of nitrogens with one attached hydrogen (secondary N) is 1. The van der Waals surface area contributed by atoms with Crippen molar-refractivity contribution in [3.05, 3.63) is 43.8 Å². The highest BCUT2D eigenvalue weighted by Crippen LogP contribution is 2.17. The average molecular weight is 285 g/mol. The van der Waals surface area contributed by atoms with E-state index in [0.717, 1.165) is 28.4 Å². The van der Waals surface area contributed by atoms with Crippen LogP contribution in [-0.2, 0) is 6.54 Å². The highest BCUT2D eigenvalue weighted by molar-refractivity contribution is 7.07. The molecule has 0 spiro atoms. The summed E-state index contributed by atoms with van der Waals surface area (Å²) >= 11 is 6.72. The quantitative estimate of drug-likeness (QED) is 0.692. The van der Waals surface area contributed by atoms with Gasteiger partial charge in [-0.05, 0) is 19.9 Å². The first-order valence-electron chi connectivity index (χ1n) is 5.45. The number of Topliss-reactive ketones (excluding diaryl/α,β-unsaturated/α-hetero) is 1. The summed E-state index contributed by atoms with van der Waals surface area (Å²) in [7, 11) is 0. The van der Waals surface area contributed by atoms with Gasteiger partial charge < -0.3 is 9.55 Å². The number of thiazole rings is 1. The molecule has 18 heavy (non-hydrogen) atoms. The smallest absolute Gasteiger partial charge is 0.304 e. The molecule has 0 bridgehead atoms. The number of aromatic amines is 1. The topological polar surface area (TPSA) is 54.9 Å². The molecule has 2 heterocycles. The van der Waals surface area contributed by atoms with Crippen LogP contribution < -0.4 is 4.87 Å². The number of hydrogen-bond donors (Lipinski definition) is 1. The van der Waals surface area contributed by atoms with Gasteiger partial charge in [0.2, 0.25) is 0 Å². The Kier molecular flexibility index (Phi) is 3.73. The summed E-state index contributed by atoms with van der Waals surface area (Å²) in [5, 5.41) is 1.80. The molecule has 2 aromatic heterocycles. The fourth-order valence-electron chi connectivity index (χ4n) is 1.96. The van der Waals surface area contributed by atoms with E-state index >= 15 is 0 Å². The van der Waals surface area contributed by atoms with Gasteiger partial charge in [-0.3, -0.25) is 9.59 Å². The first-order chi connectivity index (χ1) is 8.52. The predicted octanol–water partition coefficient (Wildman–Crippen LogP) is 2.32. The number of halogens is 1. The Labute approximate surface area is 113 Å². The second-order valence-corrected chi connectivity index (χ2v) is 5.21. The molecule has 6 heteroatoms. The number of carbonyl (C=O) groups is 1. The third-order valence-corrected chi connectivity index (χ3v) is 3.86. The summed E-state index contributed by atoms with van der Waals surface area (Å²) in [4.78, 5) is 25.4. The first-order valence-corrected chi connectivity index (χ1v) is 6.87. The van der Waals surface area contributed by atoms with Crippen LogP contribution in [0.5, 0.6) is 0 Å². The Morgan fingerprint density at radius 2 is 2.22 bits per heavy atom. The third-order valence-electron chi connectivity index (χ3n) is 2.89. The van der Waals surface area contributed by atoms with E-state index in [-0.39, 0.29) is 16.5 Å². The summed E-state index contributed by atoms with van der Waals surface area (Å²) in [6.07, 6.45) is 0. The molecule has 0 fully saturated rings. The number of hydrogen-bond acceptors (Lipinski definition) is 3. The van der Waals surface area contributed by atoms with Crippen LogP contribution in [0.4, 0.5) is 0 Å².